The van der Waals surface area contributed by atoms with E-state index in [2.05, 4.69) is 13.8 Å². The number of fused-ring (bicyclic) bond motifs is 6. The highest BCUT2D eigenvalue weighted by molar-refractivity contribution is 5.91. The van der Waals surface area contributed by atoms with Crippen LogP contribution in [0.1, 0.15) is 65.7 Å². The van der Waals surface area contributed by atoms with Gasteiger partial charge in [-0.15, -0.1) is 0 Å². The summed E-state index contributed by atoms with van der Waals surface area (Å²) in [6.07, 6.45) is 9.28. The van der Waals surface area contributed by atoms with Gasteiger partial charge in [0.1, 0.15) is 5.78 Å². The zero-order valence-corrected chi connectivity index (χ0v) is 15.8. The predicted molar refractivity (Wildman–Crippen MR) is 94.9 cm³/mol. The standard InChI is InChI=1S/C22H30O3/c1-13(23)17-6-7-18-16-5-4-14-10-15(24)8-9-20(14,2)19(16)11-22(12-25-22)21(17,18)3/h10,16-19H,4-9,11-12H2,1-3H3. The Morgan fingerprint density at radius 3 is 2.60 bits per heavy atom. The maximum Gasteiger partial charge on any atom is 0.155 e. The summed E-state index contributed by atoms with van der Waals surface area (Å²) in [6.45, 7) is 7.41. The number of ketones is 2. The normalized spacial score (nSPS) is 53.7. The maximum absolute atomic E-state index is 12.4. The Balaban J connectivity index is 1.58. The third kappa shape index (κ3) is 1.86. The number of carbonyl (C=O) groups is 2. The number of carbonyl (C=O) groups excluding carboxylic acids is 2. The summed E-state index contributed by atoms with van der Waals surface area (Å²) in [5.74, 6) is 2.79. The Morgan fingerprint density at radius 2 is 1.92 bits per heavy atom. The lowest BCUT2D eigenvalue weighted by atomic mass is 9.44. The van der Waals surface area contributed by atoms with Crippen LogP contribution in [0.25, 0.3) is 0 Å². The average molecular weight is 342 g/mol. The molecule has 7 unspecified atom stereocenters. The number of allylic oxidation sites excluding steroid dienone is 1. The third-order valence-corrected chi connectivity index (χ3v) is 9.33. The van der Waals surface area contributed by atoms with Crippen molar-refractivity contribution in [3.05, 3.63) is 11.6 Å². The minimum Gasteiger partial charge on any atom is -0.369 e. The molecule has 25 heavy (non-hydrogen) atoms. The summed E-state index contributed by atoms with van der Waals surface area (Å²) in [7, 11) is 0. The van der Waals surface area contributed by atoms with Crippen molar-refractivity contribution in [1.82, 2.24) is 0 Å². The first kappa shape index (κ1) is 16.2. The van der Waals surface area contributed by atoms with E-state index < -0.39 is 0 Å². The highest BCUT2D eigenvalue weighted by Crippen LogP contribution is 2.73. The van der Waals surface area contributed by atoms with Gasteiger partial charge < -0.3 is 4.74 Å². The lowest BCUT2D eigenvalue weighted by molar-refractivity contribution is -0.138. The van der Waals surface area contributed by atoms with Crippen molar-refractivity contribution >= 4 is 11.6 Å². The summed E-state index contributed by atoms with van der Waals surface area (Å²) in [6, 6.07) is 0. The van der Waals surface area contributed by atoms with E-state index in [9.17, 15) is 9.59 Å². The molecule has 3 nitrogen and oxygen atoms in total. The fourth-order valence-electron chi connectivity index (χ4n) is 7.85. The second kappa shape index (κ2) is 4.85. The van der Waals surface area contributed by atoms with Gasteiger partial charge in [0.05, 0.1) is 12.2 Å². The SMILES string of the molecule is CC(=O)C1CCC2C3CCC4=CC(=O)CCC4(C)C3CC3(CO3)C12C. The molecule has 136 valence electrons. The Hall–Kier alpha value is -0.960. The number of ether oxygens (including phenoxy) is 1. The van der Waals surface area contributed by atoms with Gasteiger partial charge in [-0.2, -0.15) is 0 Å². The van der Waals surface area contributed by atoms with E-state index in [0.29, 0.717) is 35.7 Å². The van der Waals surface area contributed by atoms with Crippen LogP contribution in [0.5, 0.6) is 0 Å². The first-order valence-electron chi connectivity index (χ1n) is 10.2. The molecule has 3 saturated carbocycles. The van der Waals surface area contributed by atoms with Gasteiger partial charge in [0.25, 0.3) is 0 Å². The summed E-state index contributed by atoms with van der Waals surface area (Å²) >= 11 is 0. The van der Waals surface area contributed by atoms with Crippen LogP contribution in [-0.4, -0.2) is 23.8 Å². The minimum atomic E-state index is -0.0708. The molecule has 3 heteroatoms. The quantitative estimate of drug-likeness (QED) is 0.674. The van der Waals surface area contributed by atoms with E-state index in [0.717, 1.165) is 32.3 Å². The van der Waals surface area contributed by atoms with E-state index in [1.54, 1.807) is 6.92 Å². The largest absolute Gasteiger partial charge is 0.369 e. The Bertz CT molecular complexity index is 687. The molecule has 0 aromatic carbocycles. The van der Waals surface area contributed by atoms with Crippen LogP contribution in [0, 0.1) is 34.5 Å². The molecule has 0 amide bonds. The van der Waals surface area contributed by atoms with E-state index in [-0.39, 0.29) is 22.3 Å². The predicted octanol–water partition coefficient (Wildman–Crippen LogP) is 4.10. The van der Waals surface area contributed by atoms with Gasteiger partial charge in [0.2, 0.25) is 0 Å². The van der Waals surface area contributed by atoms with Crippen molar-refractivity contribution in [2.45, 2.75) is 71.3 Å². The van der Waals surface area contributed by atoms with Gasteiger partial charge in [0.15, 0.2) is 5.78 Å². The molecule has 1 spiro atoms. The zero-order chi connectivity index (χ0) is 17.6. The zero-order valence-electron chi connectivity index (χ0n) is 15.8. The van der Waals surface area contributed by atoms with Crippen molar-refractivity contribution in [1.29, 1.82) is 0 Å². The van der Waals surface area contributed by atoms with Crippen LogP contribution in [0.15, 0.2) is 11.6 Å². The molecule has 0 bridgehead atoms. The fraction of sp³-hybridized carbons (Fsp3) is 0.818. The molecule has 4 aliphatic carbocycles. The van der Waals surface area contributed by atoms with Gasteiger partial charge in [-0.05, 0) is 74.7 Å². The van der Waals surface area contributed by atoms with Crippen LogP contribution in [-0.2, 0) is 14.3 Å². The van der Waals surface area contributed by atoms with Crippen molar-refractivity contribution in [2.75, 3.05) is 6.61 Å². The van der Waals surface area contributed by atoms with Gasteiger partial charge in [-0.25, -0.2) is 0 Å². The molecule has 7 atom stereocenters. The average Bonchev–Trinajstić information content (AvgIpc) is 3.24. The number of rotatable bonds is 1. The summed E-state index contributed by atoms with van der Waals surface area (Å²) in [5.41, 5.74) is 1.54. The van der Waals surface area contributed by atoms with Gasteiger partial charge in [-0.1, -0.05) is 19.4 Å². The second-order valence-corrected chi connectivity index (χ2v) is 9.98. The van der Waals surface area contributed by atoms with Crippen molar-refractivity contribution in [2.24, 2.45) is 34.5 Å². The van der Waals surface area contributed by atoms with Crippen molar-refractivity contribution in [3.63, 3.8) is 0 Å². The van der Waals surface area contributed by atoms with E-state index in [4.69, 9.17) is 4.74 Å². The van der Waals surface area contributed by atoms with Gasteiger partial charge in [0, 0.05) is 17.8 Å². The first-order chi connectivity index (χ1) is 11.8. The van der Waals surface area contributed by atoms with Crippen molar-refractivity contribution < 1.29 is 14.3 Å². The van der Waals surface area contributed by atoms with Crippen molar-refractivity contribution in [3.8, 4) is 0 Å². The molecule has 0 aromatic heterocycles. The molecule has 1 aliphatic heterocycles. The summed E-state index contributed by atoms with van der Waals surface area (Å²) in [5, 5.41) is 0. The number of hydrogen-bond donors (Lipinski definition) is 0. The topological polar surface area (TPSA) is 46.7 Å². The Morgan fingerprint density at radius 1 is 1.16 bits per heavy atom. The second-order valence-electron chi connectivity index (χ2n) is 9.98. The fourth-order valence-corrected chi connectivity index (χ4v) is 7.85. The van der Waals surface area contributed by atoms with Gasteiger partial charge >= 0.3 is 0 Å². The van der Waals surface area contributed by atoms with E-state index in [1.807, 2.05) is 6.08 Å². The van der Waals surface area contributed by atoms with Crippen LogP contribution < -0.4 is 0 Å². The number of hydrogen-bond acceptors (Lipinski definition) is 3. The van der Waals surface area contributed by atoms with Crippen LogP contribution >= 0.6 is 0 Å². The molecule has 0 radical (unpaired) electrons. The van der Waals surface area contributed by atoms with E-state index >= 15 is 0 Å². The first-order valence-corrected chi connectivity index (χ1v) is 10.2. The Kier molecular flexibility index (Phi) is 3.15. The highest BCUT2D eigenvalue weighted by atomic mass is 16.6. The minimum absolute atomic E-state index is 0.0298. The number of Topliss-reactive ketones (excluding diaryl/α,β-unsaturated/α-hetero) is 1. The molecule has 5 aliphatic rings. The molecule has 1 saturated heterocycles. The van der Waals surface area contributed by atoms with Crippen LogP contribution in [0.4, 0.5) is 0 Å². The lowest BCUT2D eigenvalue weighted by Crippen LogP contribution is -2.58. The number of epoxide rings is 1. The maximum atomic E-state index is 12.4. The molecular weight excluding hydrogens is 312 g/mol. The molecule has 4 fully saturated rings. The third-order valence-electron chi connectivity index (χ3n) is 9.33. The lowest BCUT2D eigenvalue weighted by Gasteiger charge is -2.60. The van der Waals surface area contributed by atoms with E-state index in [1.165, 1.54) is 18.4 Å². The van der Waals surface area contributed by atoms with Crippen LogP contribution in [0.3, 0.4) is 0 Å². The highest BCUT2D eigenvalue weighted by Gasteiger charge is 2.73. The molecule has 0 N–H and O–H groups in total. The summed E-state index contributed by atoms with van der Waals surface area (Å²) in [4.78, 5) is 24.4. The molecule has 5 rings (SSSR count). The summed E-state index contributed by atoms with van der Waals surface area (Å²) < 4.78 is 6.19. The van der Waals surface area contributed by atoms with Crippen LogP contribution in [0.2, 0.25) is 0 Å². The molecule has 1 heterocycles. The van der Waals surface area contributed by atoms with Gasteiger partial charge in [-0.3, -0.25) is 9.59 Å². The smallest absolute Gasteiger partial charge is 0.155 e. The molecular formula is C22H30O3. The molecule has 0 aromatic rings. The monoisotopic (exact) mass is 342 g/mol. The Labute approximate surface area is 150 Å².